The Morgan fingerprint density at radius 2 is 2.17 bits per heavy atom. The van der Waals surface area contributed by atoms with Crippen molar-refractivity contribution in [2.45, 2.75) is 12.3 Å². The fraction of sp³-hybridized carbons (Fsp3) is 0.214. The summed E-state index contributed by atoms with van der Waals surface area (Å²) < 4.78 is 13.7. The summed E-state index contributed by atoms with van der Waals surface area (Å²) in [4.78, 5) is 12.9. The van der Waals surface area contributed by atoms with Crippen LogP contribution in [0.1, 0.15) is 27.6 Å². The molecule has 92 valence electrons. The molecule has 1 aliphatic carbocycles. The highest BCUT2D eigenvalue weighted by molar-refractivity contribution is 7.12. The van der Waals surface area contributed by atoms with Crippen molar-refractivity contribution < 1.29 is 9.18 Å². The summed E-state index contributed by atoms with van der Waals surface area (Å²) in [5, 5.41) is 2.29. The Kier molecular flexibility index (Phi) is 2.96. The van der Waals surface area contributed by atoms with Crippen LogP contribution in [0.2, 0.25) is 5.02 Å². The van der Waals surface area contributed by atoms with Gasteiger partial charge in [0.05, 0.1) is 4.88 Å². The molecule has 18 heavy (non-hydrogen) atoms. The maximum atomic E-state index is 13.7. The number of benzene rings is 1. The van der Waals surface area contributed by atoms with Gasteiger partial charge in [0.15, 0.2) is 5.78 Å². The third-order valence-corrected chi connectivity index (χ3v) is 4.48. The van der Waals surface area contributed by atoms with Gasteiger partial charge in [-0.05, 0) is 35.9 Å². The lowest BCUT2D eigenvalue weighted by Crippen LogP contribution is -2.01. The first-order valence-electron chi connectivity index (χ1n) is 5.70. The molecule has 0 radical (unpaired) electrons. The largest absolute Gasteiger partial charge is 0.293 e. The zero-order valence-electron chi connectivity index (χ0n) is 9.40. The molecule has 0 aliphatic heterocycles. The zero-order chi connectivity index (χ0) is 12.7. The van der Waals surface area contributed by atoms with Gasteiger partial charge in [0.2, 0.25) is 0 Å². The predicted octanol–water partition coefficient (Wildman–Crippen LogP) is 4.53. The normalized spacial score (nSPS) is 21.9. The first-order chi connectivity index (χ1) is 8.68. The van der Waals surface area contributed by atoms with Gasteiger partial charge in [0.1, 0.15) is 5.82 Å². The van der Waals surface area contributed by atoms with Crippen molar-refractivity contribution in [2.24, 2.45) is 5.92 Å². The van der Waals surface area contributed by atoms with E-state index in [4.69, 9.17) is 11.6 Å². The van der Waals surface area contributed by atoms with E-state index in [1.165, 1.54) is 17.4 Å². The van der Waals surface area contributed by atoms with E-state index in [-0.39, 0.29) is 23.4 Å². The molecule has 0 bridgehead atoms. The van der Waals surface area contributed by atoms with Gasteiger partial charge in [-0.25, -0.2) is 4.39 Å². The first-order valence-corrected chi connectivity index (χ1v) is 6.96. The molecule has 0 spiro atoms. The van der Waals surface area contributed by atoms with E-state index in [9.17, 15) is 9.18 Å². The fourth-order valence-corrected chi connectivity index (χ4v) is 3.30. The van der Waals surface area contributed by atoms with E-state index in [1.807, 2.05) is 17.5 Å². The van der Waals surface area contributed by atoms with Gasteiger partial charge in [-0.15, -0.1) is 11.3 Å². The van der Waals surface area contributed by atoms with E-state index in [1.54, 1.807) is 12.1 Å². The maximum absolute atomic E-state index is 13.7. The van der Waals surface area contributed by atoms with Crippen LogP contribution in [0.15, 0.2) is 35.7 Å². The van der Waals surface area contributed by atoms with Crippen LogP contribution < -0.4 is 0 Å². The number of hydrogen-bond acceptors (Lipinski definition) is 2. The average Bonchev–Trinajstić information content (AvgIpc) is 2.91. The molecule has 2 aromatic rings. The second kappa shape index (κ2) is 4.48. The molecule has 3 rings (SSSR count). The number of carbonyl (C=O) groups excluding carboxylic acids is 1. The molecule has 1 fully saturated rings. The monoisotopic (exact) mass is 280 g/mol. The minimum atomic E-state index is -0.311. The van der Waals surface area contributed by atoms with E-state index in [0.717, 1.165) is 4.88 Å². The Hall–Kier alpha value is -1.19. The fourth-order valence-electron chi connectivity index (χ4n) is 2.27. The SMILES string of the molecule is O=C(c1cccs1)C1CC1c1c(F)cccc1Cl. The number of Topliss-reactive ketones (excluding diaryl/α,β-unsaturated/α-hetero) is 1. The van der Waals surface area contributed by atoms with Crippen LogP contribution in [0.25, 0.3) is 0 Å². The molecular formula is C14H10ClFOS. The van der Waals surface area contributed by atoms with Crippen molar-refractivity contribution in [3.05, 3.63) is 57.0 Å². The van der Waals surface area contributed by atoms with E-state index in [0.29, 0.717) is 17.0 Å². The lowest BCUT2D eigenvalue weighted by Gasteiger charge is -2.04. The van der Waals surface area contributed by atoms with Gasteiger partial charge in [-0.1, -0.05) is 23.7 Å². The Balaban J connectivity index is 1.84. The average molecular weight is 281 g/mol. The van der Waals surface area contributed by atoms with Crippen molar-refractivity contribution >= 4 is 28.7 Å². The molecule has 1 saturated carbocycles. The van der Waals surface area contributed by atoms with E-state index < -0.39 is 0 Å². The molecular weight excluding hydrogens is 271 g/mol. The molecule has 0 N–H and O–H groups in total. The zero-order valence-corrected chi connectivity index (χ0v) is 11.0. The summed E-state index contributed by atoms with van der Waals surface area (Å²) in [5.41, 5.74) is 0.495. The second-order valence-corrected chi connectivity index (χ2v) is 5.78. The Morgan fingerprint density at radius 1 is 1.33 bits per heavy atom. The standard InChI is InChI=1S/C14H10ClFOS/c15-10-3-1-4-11(16)13(10)8-7-9(8)14(17)12-5-2-6-18-12/h1-6,8-9H,7H2. The van der Waals surface area contributed by atoms with Gasteiger partial charge in [-0.3, -0.25) is 4.79 Å². The summed E-state index contributed by atoms with van der Waals surface area (Å²) >= 11 is 7.44. The van der Waals surface area contributed by atoms with Crippen molar-refractivity contribution in [3.63, 3.8) is 0 Å². The lowest BCUT2D eigenvalue weighted by atomic mass is 10.1. The van der Waals surface area contributed by atoms with Gasteiger partial charge in [-0.2, -0.15) is 0 Å². The molecule has 1 aliphatic rings. The van der Waals surface area contributed by atoms with Crippen molar-refractivity contribution in [2.75, 3.05) is 0 Å². The first kappa shape index (κ1) is 11.9. The number of hydrogen-bond donors (Lipinski definition) is 0. The van der Waals surface area contributed by atoms with Crippen molar-refractivity contribution in [1.82, 2.24) is 0 Å². The molecule has 0 saturated heterocycles. The van der Waals surface area contributed by atoms with Gasteiger partial charge in [0.25, 0.3) is 0 Å². The van der Waals surface area contributed by atoms with Crippen LogP contribution in [-0.4, -0.2) is 5.78 Å². The highest BCUT2D eigenvalue weighted by Gasteiger charge is 2.46. The minimum Gasteiger partial charge on any atom is -0.293 e. The summed E-state index contributed by atoms with van der Waals surface area (Å²) in [6.45, 7) is 0. The Labute approximate surface area is 113 Å². The van der Waals surface area contributed by atoms with Gasteiger partial charge in [0, 0.05) is 16.5 Å². The third kappa shape index (κ3) is 1.98. The molecule has 4 heteroatoms. The van der Waals surface area contributed by atoms with Crippen LogP contribution in [0.4, 0.5) is 4.39 Å². The second-order valence-electron chi connectivity index (χ2n) is 4.43. The van der Waals surface area contributed by atoms with Crippen LogP contribution >= 0.6 is 22.9 Å². The van der Waals surface area contributed by atoms with Crippen LogP contribution in [0, 0.1) is 11.7 Å². The van der Waals surface area contributed by atoms with E-state index >= 15 is 0 Å². The molecule has 1 aromatic heterocycles. The Bertz CT molecular complexity index is 574. The summed E-state index contributed by atoms with van der Waals surface area (Å²) in [6.07, 6.45) is 0.692. The smallest absolute Gasteiger partial charge is 0.176 e. The molecule has 1 heterocycles. The number of halogens is 2. The van der Waals surface area contributed by atoms with Gasteiger partial charge < -0.3 is 0 Å². The molecule has 2 unspecified atom stereocenters. The summed E-state index contributed by atoms with van der Waals surface area (Å²) in [6, 6.07) is 8.31. The lowest BCUT2D eigenvalue weighted by molar-refractivity contribution is 0.0969. The van der Waals surface area contributed by atoms with Crippen LogP contribution in [0.5, 0.6) is 0 Å². The predicted molar refractivity (Wildman–Crippen MR) is 70.9 cm³/mol. The number of carbonyl (C=O) groups is 1. The minimum absolute atomic E-state index is 0.0618. The van der Waals surface area contributed by atoms with Crippen molar-refractivity contribution in [3.8, 4) is 0 Å². The Morgan fingerprint density at radius 3 is 2.83 bits per heavy atom. The number of ketones is 1. The number of rotatable bonds is 3. The molecule has 1 nitrogen and oxygen atoms in total. The highest BCUT2D eigenvalue weighted by atomic mass is 35.5. The third-order valence-electron chi connectivity index (χ3n) is 3.26. The van der Waals surface area contributed by atoms with Crippen LogP contribution in [0.3, 0.4) is 0 Å². The summed E-state index contributed by atoms with van der Waals surface area (Å²) in [5.74, 6) is -0.380. The molecule has 2 atom stereocenters. The molecule has 0 amide bonds. The quantitative estimate of drug-likeness (QED) is 0.755. The number of thiophene rings is 1. The summed E-state index contributed by atoms with van der Waals surface area (Å²) in [7, 11) is 0. The van der Waals surface area contributed by atoms with Gasteiger partial charge >= 0.3 is 0 Å². The highest BCUT2D eigenvalue weighted by Crippen LogP contribution is 2.52. The van der Waals surface area contributed by atoms with E-state index in [2.05, 4.69) is 0 Å². The van der Waals surface area contributed by atoms with Crippen LogP contribution in [-0.2, 0) is 0 Å². The molecule has 1 aromatic carbocycles. The van der Waals surface area contributed by atoms with Crippen molar-refractivity contribution in [1.29, 1.82) is 0 Å². The topological polar surface area (TPSA) is 17.1 Å². The maximum Gasteiger partial charge on any atom is 0.176 e.